The standard InChI is InChI=1S/C20H26O4/c1-2-14(12-22-16-6-8-18-20(10-16)24-18)4-3-13(1)11-21-15-5-7-17-19(9-15)23-17/h1-4,15-20H,5-12H2. The Bertz CT molecular complexity index is 521. The molecule has 0 amide bonds. The van der Waals surface area contributed by atoms with E-state index in [4.69, 9.17) is 18.9 Å². The quantitative estimate of drug-likeness (QED) is 0.750. The van der Waals surface area contributed by atoms with E-state index in [1.54, 1.807) is 0 Å². The van der Waals surface area contributed by atoms with E-state index in [0.29, 0.717) is 49.8 Å². The Hall–Kier alpha value is -0.940. The average Bonchev–Trinajstić information content (AvgIpc) is 3.52. The Labute approximate surface area is 143 Å². The van der Waals surface area contributed by atoms with Gasteiger partial charge in [0.15, 0.2) is 0 Å². The van der Waals surface area contributed by atoms with Gasteiger partial charge in [-0.15, -0.1) is 0 Å². The molecule has 2 saturated carbocycles. The fraction of sp³-hybridized carbons (Fsp3) is 0.700. The molecule has 0 N–H and O–H groups in total. The van der Waals surface area contributed by atoms with Crippen molar-refractivity contribution in [1.29, 1.82) is 0 Å². The molecule has 5 rings (SSSR count). The van der Waals surface area contributed by atoms with Crippen LogP contribution in [-0.4, -0.2) is 36.6 Å². The van der Waals surface area contributed by atoms with Crippen molar-refractivity contribution in [2.75, 3.05) is 0 Å². The summed E-state index contributed by atoms with van der Waals surface area (Å²) in [6.45, 7) is 1.40. The second kappa shape index (κ2) is 6.41. The summed E-state index contributed by atoms with van der Waals surface area (Å²) in [7, 11) is 0. The van der Waals surface area contributed by atoms with Crippen LogP contribution < -0.4 is 0 Å². The van der Waals surface area contributed by atoms with E-state index in [0.717, 1.165) is 25.7 Å². The van der Waals surface area contributed by atoms with Gasteiger partial charge in [-0.3, -0.25) is 0 Å². The number of ether oxygens (including phenoxy) is 4. The summed E-state index contributed by atoms with van der Waals surface area (Å²) in [6.07, 6.45) is 9.56. The minimum absolute atomic E-state index is 0.372. The zero-order valence-corrected chi connectivity index (χ0v) is 14.1. The van der Waals surface area contributed by atoms with Crippen LogP contribution in [0.4, 0.5) is 0 Å². The molecule has 2 heterocycles. The van der Waals surface area contributed by atoms with Crippen molar-refractivity contribution in [3.05, 3.63) is 35.4 Å². The summed E-state index contributed by atoms with van der Waals surface area (Å²) in [5.74, 6) is 0. The summed E-state index contributed by atoms with van der Waals surface area (Å²) in [4.78, 5) is 0. The van der Waals surface area contributed by atoms with Crippen molar-refractivity contribution in [2.45, 2.75) is 88.4 Å². The molecule has 2 aliphatic carbocycles. The van der Waals surface area contributed by atoms with E-state index < -0.39 is 0 Å². The summed E-state index contributed by atoms with van der Waals surface area (Å²) >= 11 is 0. The number of epoxide rings is 2. The maximum absolute atomic E-state index is 6.05. The molecule has 0 radical (unpaired) electrons. The summed E-state index contributed by atoms with van der Waals surface area (Å²) < 4.78 is 23.2. The maximum atomic E-state index is 6.05. The predicted octanol–water partition coefficient (Wildman–Crippen LogP) is 3.36. The topological polar surface area (TPSA) is 43.5 Å². The number of rotatable bonds is 6. The Morgan fingerprint density at radius 3 is 1.54 bits per heavy atom. The molecule has 4 heteroatoms. The third kappa shape index (κ3) is 3.52. The zero-order valence-electron chi connectivity index (χ0n) is 14.1. The lowest BCUT2D eigenvalue weighted by molar-refractivity contribution is 0.0199. The largest absolute Gasteiger partial charge is 0.373 e. The molecule has 1 aromatic carbocycles. The molecule has 0 aromatic heterocycles. The summed E-state index contributed by atoms with van der Waals surface area (Å²) in [5, 5.41) is 0. The van der Waals surface area contributed by atoms with Gasteiger partial charge in [-0.2, -0.15) is 0 Å². The fourth-order valence-corrected chi connectivity index (χ4v) is 4.20. The van der Waals surface area contributed by atoms with Crippen molar-refractivity contribution in [3.8, 4) is 0 Å². The Morgan fingerprint density at radius 2 is 1.12 bits per heavy atom. The molecular formula is C20H26O4. The molecule has 130 valence electrons. The van der Waals surface area contributed by atoms with Gasteiger partial charge in [0.2, 0.25) is 0 Å². The van der Waals surface area contributed by atoms with Crippen LogP contribution in [-0.2, 0) is 32.2 Å². The van der Waals surface area contributed by atoms with Gasteiger partial charge < -0.3 is 18.9 Å². The SMILES string of the molecule is c1cc(COC2CCC3OC3C2)ccc1COC1CCC2OC2C1. The Kier molecular flexibility index (Phi) is 4.10. The highest BCUT2D eigenvalue weighted by Gasteiger charge is 2.44. The first-order valence-corrected chi connectivity index (χ1v) is 9.45. The summed E-state index contributed by atoms with van der Waals surface area (Å²) in [5.41, 5.74) is 2.48. The smallest absolute Gasteiger partial charge is 0.0866 e. The molecule has 4 aliphatic rings. The van der Waals surface area contributed by atoms with Crippen LogP contribution in [0.15, 0.2) is 24.3 Å². The fourth-order valence-electron chi connectivity index (χ4n) is 4.20. The van der Waals surface area contributed by atoms with Crippen molar-refractivity contribution in [3.63, 3.8) is 0 Å². The van der Waals surface area contributed by atoms with Crippen LogP contribution in [0.2, 0.25) is 0 Å². The van der Waals surface area contributed by atoms with Crippen molar-refractivity contribution in [2.24, 2.45) is 0 Å². The van der Waals surface area contributed by atoms with Gasteiger partial charge in [0, 0.05) is 12.8 Å². The van der Waals surface area contributed by atoms with Gasteiger partial charge in [-0.05, 0) is 36.8 Å². The Morgan fingerprint density at radius 1 is 0.667 bits per heavy atom. The first-order chi connectivity index (χ1) is 11.8. The number of hydrogen-bond donors (Lipinski definition) is 0. The average molecular weight is 330 g/mol. The molecule has 6 atom stereocenters. The molecule has 1 aromatic rings. The maximum Gasteiger partial charge on any atom is 0.0866 e. The number of benzene rings is 1. The second-order valence-electron chi connectivity index (χ2n) is 7.73. The van der Waals surface area contributed by atoms with Gasteiger partial charge >= 0.3 is 0 Å². The zero-order chi connectivity index (χ0) is 15.9. The van der Waals surface area contributed by atoms with Gasteiger partial charge in [0.1, 0.15) is 0 Å². The number of hydrogen-bond acceptors (Lipinski definition) is 4. The van der Waals surface area contributed by atoms with Gasteiger partial charge in [0.05, 0.1) is 49.8 Å². The highest BCUT2D eigenvalue weighted by Crippen LogP contribution is 2.38. The monoisotopic (exact) mass is 330 g/mol. The molecule has 4 nitrogen and oxygen atoms in total. The van der Waals surface area contributed by atoms with E-state index in [1.165, 1.54) is 24.0 Å². The minimum atomic E-state index is 0.372. The summed E-state index contributed by atoms with van der Waals surface area (Å²) in [6, 6.07) is 8.66. The van der Waals surface area contributed by atoms with Gasteiger partial charge in [-0.1, -0.05) is 24.3 Å². The third-order valence-electron chi connectivity index (χ3n) is 5.91. The number of fused-ring (bicyclic) bond motifs is 2. The minimum Gasteiger partial charge on any atom is -0.373 e. The van der Waals surface area contributed by atoms with Crippen LogP contribution in [0.1, 0.15) is 49.7 Å². The highest BCUT2D eigenvalue weighted by molar-refractivity contribution is 5.21. The van der Waals surface area contributed by atoms with Crippen LogP contribution in [0.25, 0.3) is 0 Å². The molecule has 2 saturated heterocycles. The first kappa shape index (κ1) is 15.3. The Balaban J connectivity index is 1.06. The predicted molar refractivity (Wildman–Crippen MR) is 88.6 cm³/mol. The molecule has 6 unspecified atom stereocenters. The molecule has 2 aliphatic heterocycles. The van der Waals surface area contributed by atoms with Crippen LogP contribution in [0.5, 0.6) is 0 Å². The molecule has 4 fully saturated rings. The van der Waals surface area contributed by atoms with Gasteiger partial charge in [-0.25, -0.2) is 0 Å². The lowest BCUT2D eigenvalue weighted by Crippen LogP contribution is -2.21. The van der Waals surface area contributed by atoms with E-state index in [1.807, 2.05) is 0 Å². The molecule has 24 heavy (non-hydrogen) atoms. The lowest BCUT2D eigenvalue weighted by Gasteiger charge is -2.20. The van der Waals surface area contributed by atoms with Crippen LogP contribution in [0.3, 0.4) is 0 Å². The van der Waals surface area contributed by atoms with Crippen molar-refractivity contribution in [1.82, 2.24) is 0 Å². The molecular weight excluding hydrogens is 304 g/mol. The van der Waals surface area contributed by atoms with E-state index >= 15 is 0 Å². The molecule has 0 spiro atoms. The van der Waals surface area contributed by atoms with E-state index in [-0.39, 0.29) is 0 Å². The highest BCUT2D eigenvalue weighted by atomic mass is 16.6. The normalized spacial score (nSPS) is 39.8. The molecule has 0 bridgehead atoms. The third-order valence-corrected chi connectivity index (χ3v) is 5.91. The van der Waals surface area contributed by atoms with E-state index in [2.05, 4.69) is 24.3 Å². The van der Waals surface area contributed by atoms with Crippen molar-refractivity contribution < 1.29 is 18.9 Å². The first-order valence-electron chi connectivity index (χ1n) is 9.45. The second-order valence-corrected chi connectivity index (χ2v) is 7.73. The van der Waals surface area contributed by atoms with E-state index in [9.17, 15) is 0 Å². The lowest BCUT2D eigenvalue weighted by atomic mass is 9.98. The van der Waals surface area contributed by atoms with Crippen LogP contribution >= 0.6 is 0 Å². The van der Waals surface area contributed by atoms with Crippen molar-refractivity contribution >= 4 is 0 Å². The van der Waals surface area contributed by atoms with Crippen LogP contribution in [0, 0.1) is 0 Å². The van der Waals surface area contributed by atoms with Gasteiger partial charge in [0.25, 0.3) is 0 Å².